The molecule has 3 unspecified atom stereocenters. The number of allylic oxidation sites excluding steroid dienone is 3. The maximum Gasteiger partial charge on any atom is 0.101 e. The van der Waals surface area contributed by atoms with Gasteiger partial charge in [-0.3, -0.25) is 0 Å². The summed E-state index contributed by atoms with van der Waals surface area (Å²) >= 11 is 0. The van der Waals surface area contributed by atoms with E-state index in [9.17, 15) is 5.11 Å². The molecule has 18 heavy (non-hydrogen) atoms. The van der Waals surface area contributed by atoms with Crippen LogP contribution in [0, 0.1) is 25.7 Å². The van der Waals surface area contributed by atoms with E-state index in [1.807, 2.05) is 12.1 Å². The Bertz CT molecular complexity index is 496. The summed E-state index contributed by atoms with van der Waals surface area (Å²) < 4.78 is 0. The Kier molecular flexibility index (Phi) is 3.72. The highest BCUT2D eigenvalue weighted by atomic mass is 16.3. The predicted molar refractivity (Wildman–Crippen MR) is 76.4 cm³/mol. The van der Waals surface area contributed by atoms with Crippen molar-refractivity contribution in [2.45, 2.75) is 33.8 Å². The minimum absolute atomic E-state index is 0.393. The Hall–Kier alpha value is -1.34. The van der Waals surface area contributed by atoms with Gasteiger partial charge in [0.15, 0.2) is 0 Å². The van der Waals surface area contributed by atoms with Crippen molar-refractivity contribution < 1.29 is 5.11 Å². The second-order valence-corrected chi connectivity index (χ2v) is 5.39. The SMILES string of the molecule is Cc1cccc(C(O)C2=CC=CC(C)C2C)c1C. The highest BCUT2D eigenvalue weighted by molar-refractivity contribution is 5.40. The number of rotatable bonds is 2. The number of aliphatic hydroxyl groups excluding tert-OH is 1. The largest absolute Gasteiger partial charge is 0.384 e. The van der Waals surface area contributed by atoms with Crippen LogP contribution in [0.4, 0.5) is 0 Å². The lowest BCUT2D eigenvalue weighted by Gasteiger charge is -2.28. The highest BCUT2D eigenvalue weighted by Crippen LogP contribution is 2.36. The van der Waals surface area contributed by atoms with Gasteiger partial charge in [-0.2, -0.15) is 0 Å². The molecule has 0 fully saturated rings. The van der Waals surface area contributed by atoms with Crippen LogP contribution < -0.4 is 0 Å². The van der Waals surface area contributed by atoms with Crippen LogP contribution in [0.1, 0.15) is 36.6 Å². The quantitative estimate of drug-likeness (QED) is 0.827. The molecule has 0 spiro atoms. The molecule has 3 atom stereocenters. The number of benzene rings is 1. The lowest BCUT2D eigenvalue weighted by Crippen LogP contribution is -2.17. The van der Waals surface area contributed by atoms with Gasteiger partial charge in [-0.15, -0.1) is 0 Å². The zero-order valence-electron chi connectivity index (χ0n) is 11.6. The molecule has 0 saturated carbocycles. The van der Waals surface area contributed by atoms with Gasteiger partial charge in [0.05, 0.1) is 0 Å². The third-order valence-corrected chi connectivity index (χ3v) is 4.27. The summed E-state index contributed by atoms with van der Waals surface area (Å²) in [6, 6.07) is 6.14. The molecule has 1 heteroatoms. The van der Waals surface area contributed by atoms with E-state index < -0.39 is 6.10 Å². The van der Waals surface area contributed by atoms with Crippen LogP contribution in [0.25, 0.3) is 0 Å². The zero-order valence-corrected chi connectivity index (χ0v) is 11.6. The van der Waals surface area contributed by atoms with Gasteiger partial charge in [0.2, 0.25) is 0 Å². The fraction of sp³-hybridized carbons (Fsp3) is 0.412. The molecule has 0 saturated heterocycles. The van der Waals surface area contributed by atoms with Crippen LogP contribution in [0.15, 0.2) is 42.0 Å². The number of aliphatic hydroxyl groups is 1. The summed E-state index contributed by atoms with van der Waals surface area (Å²) in [6.07, 6.45) is 5.85. The minimum atomic E-state index is -0.479. The maximum absolute atomic E-state index is 10.6. The first-order chi connectivity index (χ1) is 8.52. The van der Waals surface area contributed by atoms with Gasteiger partial charge >= 0.3 is 0 Å². The summed E-state index contributed by atoms with van der Waals surface area (Å²) in [4.78, 5) is 0. The molecular formula is C17H22O. The fourth-order valence-corrected chi connectivity index (χ4v) is 2.55. The van der Waals surface area contributed by atoms with Gasteiger partial charge in [-0.25, -0.2) is 0 Å². The molecule has 1 aromatic rings. The van der Waals surface area contributed by atoms with E-state index >= 15 is 0 Å². The van der Waals surface area contributed by atoms with Crippen LogP contribution in [0.3, 0.4) is 0 Å². The van der Waals surface area contributed by atoms with E-state index in [0.717, 1.165) is 11.1 Å². The van der Waals surface area contributed by atoms with Gasteiger partial charge in [0.25, 0.3) is 0 Å². The average molecular weight is 242 g/mol. The molecule has 0 aromatic heterocycles. The van der Waals surface area contributed by atoms with Crippen molar-refractivity contribution >= 4 is 0 Å². The van der Waals surface area contributed by atoms with Crippen molar-refractivity contribution in [1.29, 1.82) is 0 Å². The Balaban J connectivity index is 2.37. The molecule has 1 nitrogen and oxygen atoms in total. The molecule has 0 aliphatic heterocycles. The number of aryl methyl sites for hydroxylation is 1. The fourth-order valence-electron chi connectivity index (χ4n) is 2.55. The Labute approximate surface area is 110 Å². The van der Waals surface area contributed by atoms with Crippen LogP contribution in [-0.2, 0) is 0 Å². The number of hydrogen-bond donors (Lipinski definition) is 1. The maximum atomic E-state index is 10.6. The predicted octanol–water partition coefficient (Wildman–Crippen LogP) is 4.11. The van der Waals surface area contributed by atoms with Crippen molar-refractivity contribution in [2.75, 3.05) is 0 Å². The number of hydrogen-bond acceptors (Lipinski definition) is 1. The average Bonchev–Trinajstić information content (AvgIpc) is 2.35. The molecule has 0 bridgehead atoms. The Morgan fingerprint density at radius 1 is 1.17 bits per heavy atom. The standard InChI is InChI=1S/C17H22O/c1-11-7-5-9-15(13(11)3)17(18)16-10-6-8-12(2)14(16)4/h5-11,13,17-18H,1-4H3. The van der Waals surface area contributed by atoms with E-state index in [4.69, 9.17) is 0 Å². The Morgan fingerprint density at radius 3 is 2.61 bits per heavy atom. The summed E-state index contributed by atoms with van der Waals surface area (Å²) in [5.41, 5.74) is 4.59. The van der Waals surface area contributed by atoms with Crippen LogP contribution in [-0.4, -0.2) is 5.11 Å². The van der Waals surface area contributed by atoms with Gasteiger partial charge in [0, 0.05) is 0 Å². The van der Waals surface area contributed by atoms with Gasteiger partial charge in [-0.05, 0) is 47.9 Å². The molecule has 1 N–H and O–H groups in total. The van der Waals surface area contributed by atoms with Gasteiger partial charge < -0.3 is 5.11 Å². The normalized spacial score (nSPS) is 24.8. The smallest absolute Gasteiger partial charge is 0.101 e. The molecule has 1 aliphatic rings. The van der Waals surface area contributed by atoms with Gasteiger partial charge in [0.1, 0.15) is 6.10 Å². The molecular weight excluding hydrogens is 220 g/mol. The minimum Gasteiger partial charge on any atom is -0.384 e. The van der Waals surface area contributed by atoms with Crippen LogP contribution in [0.5, 0.6) is 0 Å². The third kappa shape index (κ3) is 2.28. The topological polar surface area (TPSA) is 20.2 Å². The summed E-state index contributed by atoms with van der Waals surface area (Å²) in [5.74, 6) is 0.884. The first kappa shape index (κ1) is 13.1. The molecule has 0 heterocycles. The van der Waals surface area contributed by atoms with Gasteiger partial charge in [-0.1, -0.05) is 50.3 Å². The van der Waals surface area contributed by atoms with Crippen molar-refractivity contribution in [2.24, 2.45) is 11.8 Å². The van der Waals surface area contributed by atoms with E-state index in [-0.39, 0.29) is 0 Å². The van der Waals surface area contributed by atoms with E-state index in [2.05, 4.69) is 52.0 Å². The Morgan fingerprint density at radius 2 is 1.89 bits per heavy atom. The molecule has 1 aromatic carbocycles. The molecule has 2 rings (SSSR count). The van der Waals surface area contributed by atoms with E-state index in [1.165, 1.54) is 11.1 Å². The molecule has 0 radical (unpaired) electrons. The van der Waals surface area contributed by atoms with Crippen LogP contribution >= 0.6 is 0 Å². The molecule has 96 valence electrons. The molecule has 1 aliphatic carbocycles. The first-order valence-corrected chi connectivity index (χ1v) is 6.64. The highest BCUT2D eigenvalue weighted by Gasteiger charge is 2.24. The van der Waals surface area contributed by atoms with E-state index in [0.29, 0.717) is 11.8 Å². The summed E-state index contributed by atoms with van der Waals surface area (Å²) in [5, 5.41) is 10.6. The second kappa shape index (κ2) is 5.11. The second-order valence-electron chi connectivity index (χ2n) is 5.39. The summed E-state index contributed by atoms with van der Waals surface area (Å²) in [6.45, 7) is 8.56. The monoisotopic (exact) mass is 242 g/mol. The molecule has 0 amide bonds. The third-order valence-electron chi connectivity index (χ3n) is 4.27. The van der Waals surface area contributed by atoms with Crippen LogP contribution in [0.2, 0.25) is 0 Å². The summed E-state index contributed by atoms with van der Waals surface area (Å²) in [7, 11) is 0. The lowest BCUT2D eigenvalue weighted by molar-refractivity contribution is 0.195. The van der Waals surface area contributed by atoms with E-state index in [1.54, 1.807) is 0 Å². The van der Waals surface area contributed by atoms with Crippen molar-refractivity contribution in [3.8, 4) is 0 Å². The van der Waals surface area contributed by atoms with Crippen molar-refractivity contribution in [1.82, 2.24) is 0 Å². The first-order valence-electron chi connectivity index (χ1n) is 6.64. The lowest BCUT2D eigenvalue weighted by atomic mass is 9.79. The van der Waals surface area contributed by atoms with Crippen molar-refractivity contribution in [3.63, 3.8) is 0 Å². The zero-order chi connectivity index (χ0) is 13.3. The van der Waals surface area contributed by atoms with Crippen molar-refractivity contribution in [3.05, 3.63) is 58.7 Å².